The highest BCUT2D eigenvalue weighted by Crippen LogP contribution is 2.35. The number of methoxy groups -OCH3 is 1. The number of aromatic nitrogens is 3. The summed E-state index contributed by atoms with van der Waals surface area (Å²) in [4.78, 5) is 17.6. The van der Waals surface area contributed by atoms with Crippen LogP contribution in [0.5, 0.6) is 0 Å². The molecule has 2 aliphatic rings. The maximum absolute atomic E-state index is 14.2. The monoisotopic (exact) mass is 398 g/mol. The van der Waals surface area contributed by atoms with Gasteiger partial charge in [-0.2, -0.15) is 14.0 Å². The summed E-state index contributed by atoms with van der Waals surface area (Å²) in [7, 11) is 1.21. The molecule has 0 aromatic carbocycles. The first-order valence-corrected chi connectivity index (χ1v) is 8.40. The number of nitrogens with one attached hydrogen (secondary N) is 2. The Morgan fingerprint density at radius 3 is 2.96 bits per heavy atom. The Balaban J connectivity index is 1.82. The molecule has 2 N–H and O–H groups in total. The van der Waals surface area contributed by atoms with Gasteiger partial charge in [0.05, 0.1) is 30.5 Å². The SMILES string of the molecule is COC1CN(c2cc(/C3=C/NCOCNC3=O)nn3c(F)cnc23)CC1(F)F. The number of fused-ring (bicyclic) bond motifs is 1. The third kappa shape index (κ3) is 3.14. The standard InChI is InChI=1S/C16H17F3N6O3/c1-27-12-5-24(6-16(12,18)19)11-2-10(23-25-13(17)4-21-14(11)25)9-3-20-7-28-8-22-15(9)26/h2-4,12,20H,5-8H2,1H3,(H,22,26)/b9-3-. The second-order valence-electron chi connectivity index (χ2n) is 6.36. The minimum Gasteiger partial charge on any atom is -0.373 e. The molecule has 1 unspecified atom stereocenters. The van der Waals surface area contributed by atoms with E-state index < -0.39 is 30.4 Å². The predicted octanol–water partition coefficient (Wildman–Crippen LogP) is 0.331. The van der Waals surface area contributed by atoms with Crippen molar-refractivity contribution in [3.63, 3.8) is 0 Å². The second kappa shape index (κ2) is 6.95. The van der Waals surface area contributed by atoms with Gasteiger partial charge in [-0.15, -0.1) is 0 Å². The van der Waals surface area contributed by atoms with Crippen molar-refractivity contribution in [3.8, 4) is 0 Å². The van der Waals surface area contributed by atoms with E-state index in [0.29, 0.717) is 0 Å². The van der Waals surface area contributed by atoms with Gasteiger partial charge in [0.1, 0.15) is 25.3 Å². The Morgan fingerprint density at radius 2 is 2.21 bits per heavy atom. The lowest BCUT2D eigenvalue weighted by Gasteiger charge is -2.20. The van der Waals surface area contributed by atoms with E-state index in [1.165, 1.54) is 24.3 Å². The topological polar surface area (TPSA) is 93.0 Å². The molecule has 1 amide bonds. The van der Waals surface area contributed by atoms with Crippen LogP contribution in [0.4, 0.5) is 18.9 Å². The van der Waals surface area contributed by atoms with Crippen LogP contribution in [-0.2, 0) is 14.3 Å². The fraction of sp³-hybridized carbons (Fsp3) is 0.438. The van der Waals surface area contributed by atoms with Crippen molar-refractivity contribution in [2.75, 3.05) is 38.6 Å². The molecule has 1 fully saturated rings. The molecule has 2 aliphatic heterocycles. The van der Waals surface area contributed by atoms with Gasteiger partial charge in [0.15, 0.2) is 5.65 Å². The predicted molar refractivity (Wildman–Crippen MR) is 91.0 cm³/mol. The number of alkyl halides is 2. The van der Waals surface area contributed by atoms with E-state index in [-0.39, 0.29) is 42.6 Å². The average Bonchev–Trinajstić information content (AvgIpc) is 3.17. The largest absolute Gasteiger partial charge is 0.373 e. The van der Waals surface area contributed by atoms with Crippen molar-refractivity contribution in [1.29, 1.82) is 0 Å². The van der Waals surface area contributed by atoms with Crippen LogP contribution in [0.25, 0.3) is 11.2 Å². The van der Waals surface area contributed by atoms with Crippen LogP contribution < -0.4 is 15.5 Å². The first kappa shape index (κ1) is 18.5. The first-order valence-electron chi connectivity index (χ1n) is 8.40. The summed E-state index contributed by atoms with van der Waals surface area (Å²) in [5.41, 5.74) is 0.487. The van der Waals surface area contributed by atoms with Crippen LogP contribution in [0, 0.1) is 5.95 Å². The quantitative estimate of drug-likeness (QED) is 0.770. The minimum atomic E-state index is -3.09. The molecule has 1 saturated heterocycles. The highest BCUT2D eigenvalue weighted by Gasteiger charge is 2.49. The average molecular weight is 398 g/mol. The summed E-state index contributed by atoms with van der Waals surface area (Å²) in [5.74, 6) is -4.38. The van der Waals surface area contributed by atoms with Crippen LogP contribution in [-0.4, -0.2) is 66.2 Å². The number of halogens is 3. The molecule has 0 bridgehead atoms. The molecule has 12 heteroatoms. The summed E-state index contributed by atoms with van der Waals surface area (Å²) >= 11 is 0. The van der Waals surface area contributed by atoms with E-state index in [0.717, 1.165) is 10.7 Å². The van der Waals surface area contributed by atoms with Crippen molar-refractivity contribution in [3.05, 3.63) is 30.1 Å². The highest BCUT2D eigenvalue weighted by molar-refractivity contribution is 6.19. The van der Waals surface area contributed by atoms with Crippen LogP contribution in [0.15, 0.2) is 18.5 Å². The van der Waals surface area contributed by atoms with Gasteiger partial charge < -0.3 is 25.0 Å². The number of rotatable bonds is 3. The summed E-state index contributed by atoms with van der Waals surface area (Å²) in [6.45, 7) is -0.622. The van der Waals surface area contributed by atoms with Gasteiger partial charge >= 0.3 is 0 Å². The lowest BCUT2D eigenvalue weighted by atomic mass is 10.1. The molecule has 4 heterocycles. The number of imidazole rings is 1. The molecule has 0 spiro atoms. The van der Waals surface area contributed by atoms with Crippen molar-refractivity contribution in [2.45, 2.75) is 12.0 Å². The third-order valence-electron chi connectivity index (χ3n) is 4.58. The Labute approximate surface area is 157 Å². The molecule has 28 heavy (non-hydrogen) atoms. The summed E-state index contributed by atoms with van der Waals surface area (Å²) in [5, 5.41) is 9.42. The summed E-state index contributed by atoms with van der Waals surface area (Å²) < 4.78 is 53.4. The van der Waals surface area contributed by atoms with E-state index in [2.05, 4.69) is 20.7 Å². The molecule has 0 radical (unpaired) electrons. The molecular formula is C16H17F3N6O3. The number of amides is 1. The normalized spacial score (nSPS) is 24.3. The van der Waals surface area contributed by atoms with Crippen LogP contribution in [0.1, 0.15) is 5.69 Å². The highest BCUT2D eigenvalue weighted by atomic mass is 19.3. The lowest BCUT2D eigenvalue weighted by molar-refractivity contribution is -0.117. The van der Waals surface area contributed by atoms with Crippen LogP contribution in [0.2, 0.25) is 0 Å². The number of hydrogen-bond donors (Lipinski definition) is 2. The van der Waals surface area contributed by atoms with Gasteiger partial charge in [-0.1, -0.05) is 0 Å². The number of carbonyl (C=O) groups excluding carboxylic acids is 1. The number of carbonyl (C=O) groups is 1. The molecular weight excluding hydrogens is 381 g/mol. The van der Waals surface area contributed by atoms with E-state index >= 15 is 0 Å². The maximum Gasteiger partial charge on any atom is 0.292 e. The van der Waals surface area contributed by atoms with Gasteiger partial charge in [-0.3, -0.25) is 4.79 Å². The maximum atomic E-state index is 14.2. The Hall–Kier alpha value is -2.86. The second-order valence-corrected chi connectivity index (χ2v) is 6.36. The van der Waals surface area contributed by atoms with Gasteiger partial charge in [0.25, 0.3) is 11.8 Å². The summed E-state index contributed by atoms with van der Waals surface area (Å²) in [6, 6.07) is 1.44. The Kier molecular flexibility index (Phi) is 4.59. The molecule has 0 aliphatic carbocycles. The lowest BCUT2D eigenvalue weighted by Crippen LogP contribution is -2.33. The zero-order valence-electron chi connectivity index (χ0n) is 14.8. The molecule has 4 rings (SSSR count). The van der Waals surface area contributed by atoms with Crippen molar-refractivity contribution < 1.29 is 27.4 Å². The van der Waals surface area contributed by atoms with Gasteiger partial charge in [0, 0.05) is 13.3 Å². The zero-order valence-corrected chi connectivity index (χ0v) is 14.8. The van der Waals surface area contributed by atoms with E-state index in [1.54, 1.807) is 0 Å². The van der Waals surface area contributed by atoms with Gasteiger partial charge in [-0.05, 0) is 6.07 Å². The number of hydrogen-bond acceptors (Lipinski definition) is 7. The molecule has 1 atom stereocenters. The first-order chi connectivity index (χ1) is 13.4. The Bertz CT molecular complexity index is 947. The zero-order chi connectivity index (χ0) is 19.9. The van der Waals surface area contributed by atoms with Crippen molar-refractivity contribution >= 4 is 22.8 Å². The van der Waals surface area contributed by atoms with Crippen molar-refractivity contribution in [1.82, 2.24) is 25.2 Å². The molecule has 2 aromatic rings. The van der Waals surface area contributed by atoms with E-state index in [4.69, 9.17) is 9.47 Å². The number of ether oxygens (including phenoxy) is 2. The Morgan fingerprint density at radius 1 is 1.39 bits per heavy atom. The number of anilines is 1. The fourth-order valence-corrected chi connectivity index (χ4v) is 3.20. The van der Waals surface area contributed by atoms with Gasteiger partial charge in [0.2, 0.25) is 5.95 Å². The van der Waals surface area contributed by atoms with Crippen molar-refractivity contribution in [2.24, 2.45) is 0 Å². The molecule has 9 nitrogen and oxygen atoms in total. The molecule has 2 aromatic heterocycles. The fourth-order valence-electron chi connectivity index (χ4n) is 3.20. The minimum absolute atomic E-state index is 0.0222. The van der Waals surface area contributed by atoms with Crippen LogP contribution in [0.3, 0.4) is 0 Å². The van der Waals surface area contributed by atoms with Crippen LogP contribution >= 0.6 is 0 Å². The molecule has 150 valence electrons. The smallest absolute Gasteiger partial charge is 0.292 e. The van der Waals surface area contributed by atoms with Gasteiger partial charge in [-0.25, -0.2) is 13.8 Å². The number of nitrogens with zero attached hydrogens (tertiary/aromatic N) is 4. The third-order valence-corrected chi connectivity index (χ3v) is 4.58. The molecule has 0 saturated carbocycles. The summed E-state index contributed by atoms with van der Waals surface area (Å²) in [6.07, 6.45) is 1.00. The van der Waals surface area contributed by atoms with E-state index in [9.17, 15) is 18.0 Å². The van der Waals surface area contributed by atoms with E-state index in [1.807, 2.05) is 0 Å².